The van der Waals surface area contributed by atoms with Crippen molar-refractivity contribution in [2.45, 2.75) is 70.2 Å². The molecule has 3 rings (SSSR count). The van der Waals surface area contributed by atoms with Gasteiger partial charge in [-0.2, -0.15) is 4.31 Å². The summed E-state index contributed by atoms with van der Waals surface area (Å²) in [6.45, 7) is 7.21. The second-order valence-corrected chi connectivity index (χ2v) is 14.9. The fraction of sp³-hybridized carbons (Fsp3) is 0.417. The first-order chi connectivity index (χ1) is 24.2. The molecule has 0 aliphatic heterocycles. The Hall–Kier alpha value is -4.86. The maximum absolute atomic E-state index is 14.0. The Balaban J connectivity index is 1.86. The summed E-state index contributed by atoms with van der Waals surface area (Å²) < 4.78 is 28.9. The van der Waals surface area contributed by atoms with Crippen LogP contribution < -0.4 is 10.6 Å². The Morgan fingerprint density at radius 2 is 1.61 bits per heavy atom. The molecule has 4 atom stereocenters. The van der Waals surface area contributed by atoms with Gasteiger partial charge in [0.2, 0.25) is 15.9 Å². The number of carbonyl (C=O) groups is 2. The van der Waals surface area contributed by atoms with Gasteiger partial charge in [-0.15, -0.1) is 0 Å². The van der Waals surface area contributed by atoms with Crippen molar-refractivity contribution in [3.63, 3.8) is 0 Å². The molecular weight excluding hydrogens is 676 g/mol. The quantitative estimate of drug-likeness (QED) is 0.0642. The number of nitrogens with zero attached hydrogens (tertiary/aromatic N) is 4. The van der Waals surface area contributed by atoms with E-state index in [4.69, 9.17) is 5.21 Å². The molecule has 3 amide bonds. The molecular formula is C36H48N6O8S. The van der Waals surface area contributed by atoms with Crippen molar-refractivity contribution in [1.82, 2.24) is 19.8 Å². The zero-order chi connectivity index (χ0) is 37.7. The Bertz CT molecular complexity index is 1740. The van der Waals surface area contributed by atoms with Gasteiger partial charge in [-0.25, -0.2) is 13.2 Å². The molecule has 0 bridgehead atoms. The van der Waals surface area contributed by atoms with Crippen LogP contribution in [0.4, 0.5) is 10.5 Å². The second-order valence-electron chi connectivity index (χ2n) is 13.0. The third-order valence-electron chi connectivity index (χ3n) is 8.44. The lowest BCUT2D eigenvalue weighted by molar-refractivity contribution is -0.384. The predicted octanol–water partition coefficient (Wildman–Crippen LogP) is 4.39. The topological polar surface area (TPSA) is 195 Å². The maximum Gasteiger partial charge on any atom is 0.318 e. The summed E-state index contributed by atoms with van der Waals surface area (Å²) in [5.41, 5.74) is 1.72. The van der Waals surface area contributed by atoms with Crippen LogP contribution in [0.25, 0.3) is 0 Å². The molecule has 276 valence electrons. The number of nitro benzene ring substituents is 1. The van der Waals surface area contributed by atoms with Crippen molar-refractivity contribution in [2.24, 2.45) is 17.0 Å². The number of sulfonamides is 1. The standard InChI is InChI=1S/C36H48N6O8S/c1-6-26(4)34(39-36(45)40(5)23-29-13-10-14-30(19-29)42(47)48)35(44)38-32(20-27-11-8-7-9-12-27)33(43)24-41(22-25(2)3)51(49,50)31-17-15-28(16-18-31)21-37-46/h7-19,21,25-26,32-34,43,46H,6,20,22-24H2,1-5H3,(H,38,44)(H,39,45)/t26-,32-,33-,34-/m0/s1. The molecule has 3 aromatic carbocycles. The predicted molar refractivity (Wildman–Crippen MR) is 194 cm³/mol. The second kappa shape index (κ2) is 18.9. The number of urea groups is 1. The number of aliphatic hydroxyl groups is 1. The van der Waals surface area contributed by atoms with Gasteiger partial charge >= 0.3 is 6.03 Å². The van der Waals surface area contributed by atoms with Crippen molar-refractivity contribution in [1.29, 1.82) is 0 Å². The van der Waals surface area contributed by atoms with Crippen LogP contribution in [0.1, 0.15) is 50.8 Å². The molecule has 0 fully saturated rings. The third-order valence-corrected chi connectivity index (χ3v) is 10.3. The third kappa shape index (κ3) is 11.9. The summed E-state index contributed by atoms with van der Waals surface area (Å²) in [6.07, 6.45) is 0.523. The Morgan fingerprint density at radius 3 is 2.20 bits per heavy atom. The fourth-order valence-corrected chi connectivity index (χ4v) is 7.06. The number of aliphatic hydroxyl groups excluding tert-OH is 1. The van der Waals surface area contributed by atoms with Gasteiger partial charge in [0.15, 0.2) is 0 Å². The Labute approximate surface area is 299 Å². The number of amides is 3. The van der Waals surface area contributed by atoms with E-state index in [0.717, 1.165) is 5.56 Å². The smallest absolute Gasteiger partial charge is 0.318 e. The molecule has 4 N–H and O–H groups in total. The van der Waals surface area contributed by atoms with Crippen LogP contribution in [-0.2, 0) is 27.8 Å². The average Bonchev–Trinajstić information content (AvgIpc) is 3.10. The van der Waals surface area contributed by atoms with Gasteiger partial charge in [-0.05, 0) is 47.1 Å². The summed E-state index contributed by atoms with van der Waals surface area (Å²) in [6, 6.07) is 18.3. The van der Waals surface area contributed by atoms with Crippen LogP contribution in [0.2, 0.25) is 0 Å². The molecule has 0 saturated heterocycles. The number of hydrogen-bond donors (Lipinski definition) is 4. The number of benzene rings is 3. The molecule has 0 aliphatic rings. The van der Waals surface area contributed by atoms with Crippen molar-refractivity contribution in [3.8, 4) is 0 Å². The minimum atomic E-state index is -4.10. The first kappa shape index (κ1) is 40.6. The number of non-ortho nitro benzene ring substituents is 1. The van der Waals surface area contributed by atoms with E-state index in [-0.39, 0.29) is 48.5 Å². The lowest BCUT2D eigenvalue weighted by Gasteiger charge is -2.33. The SMILES string of the molecule is CC[C@H](C)[C@H](NC(=O)N(C)Cc1cccc([N+](=O)[O-])c1)C(=O)N[C@@H](Cc1ccccc1)[C@@H](O)CN(CC(C)C)S(=O)(=O)c1ccc(C=NO)cc1. The van der Waals surface area contributed by atoms with E-state index in [1.54, 1.807) is 6.07 Å². The van der Waals surface area contributed by atoms with Crippen molar-refractivity contribution >= 4 is 33.9 Å². The van der Waals surface area contributed by atoms with Crippen LogP contribution in [0.3, 0.4) is 0 Å². The van der Waals surface area contributed by atoms with Crippen LogP contribution in [0.15, 0.2) is 88.9 Å². The average molecular weight is 725 g/mol. The van der Waals surface area contributed by atoms with E-state index in [9.17, 15) is 33.2 Å². The summed E-state index contributed by atoms with van der Waals surface area (Å²) >= 11 is 0. The molecule has 0 heterocycles. The highest BCUT2D eigenvalue weighted by Gasteiger charge is 2.34. The molecule has 0 aromatic heterocycles. The van der Waals surface area contributed by atoms with Crippen molar-refractivity contribution in [3.05, 3.63) is 106 Å². The molecule has 14 nitrogen and oxygen atoms in total. The number of oxime groups is 1. The molecule has 0 unspecified atom stereocenters. The van der Waals surface area contributed by atoms with Crippen LogP contribution in [0.5, 0.6) is 0 Å². The first-order valence-corrected chi connectivity index (χ1v) is 18.1. The molecule has 0 radical (unpaired) electrons. The number of carbonyl (C=O) groups excluding carboxylic acids is 2. The van der Waals surface area contributed by atoms with E-state index in [1.165, 1.54) is 64.9 Å². The molecule has 15 heteroatoms. The highest BCUT2D eigenvalue weighted by Crippen LogP contribution is 2.21. The number of nitro groups is 1. The summed E-state index contributed by atoms with van der Waals surface area (Å²) in [4.78, 5) is 39.3. The zero-order valence-corrected chi connectivity index (χ0v) is 30.4. The van der Waals surface area contributed by atoms with Gasteiger partial charge in [0.05, 0.1) is 28.2 Å². The zero-order valence-electron chi connectivity index (χ0n) is 29.5. The highest BCUT2D eigenvalue weighted by atomic mass is 32.2. The van der Waals surface area contributed by atoms with Gasteiger partial charge in [-0.3, -0.25) is 14.9 Å². The maximum atomic E-state index is 14.0. The Morgan fingerprint density at radius 1 is 0.961 bits per heavy atom. The van der Waals surface area contributed by atoms with Gasteiger partial charge in [0, 0.05) is 38.8 Å². The van der Waals surface area contributed by atoms with Crippen molar-refractivity contribution in [2.75, 3.05) is 20.1 Å². The molecule has 0 saturated carbocycles. The van der Waals surface area contributed by atoms with Gasteiger partial charge in [0.1, 0.15) is 6.04 Å². The van der Waals surface area contributed by atoms with E-state index in [1.807, 2.05) is 58.0 Å². The first-order valence-electron chi connectivity index (χ1n) is 16.7. The summed E-state index contributed by atoms with van der Waals surface area (Å²) in [5.74, 6) is -0.980. The number of nitrogens with one attached hydrogen (secondary N) is 2. The van der Waals surface area contributed by atoms with Crippen LogP contribution >= 0.6 is 0 Å². The Kier molecular flexibility index (Phi) is 15.1. The summed E-state index contributed by atoms with van der Waals surface area (Å²) in [7, 11) is -2.58. The van der Waals surface area contributed by atoms with Gasteiger partial charge < -0.3 is 25.8 Å². The van der Waals surface area contributed by atoms with E-state index < -0.39 is 45.1 Å². The lowest BCUT2D eigenvalue weighted by atomic mass is 9.96. The molecule has 51 heavy (non-hydrogen) atoms. The molecule has 3 aromatic rings. The van der Waals surface area contributed by atoms with Gasteiger partial charge in [-0.1, -0.05) is 93.9 Å². The van der Waals surface area contributed by atoms with E-state index >= 15 is 0 Å². The van der Waals surface area contributed by atoms with Crippen LogP contribution in [-0.4, -0.2) is 89.3 Å². The minimum Gasteiger partial charge on any atom is -0.411 e. The number of rotatable bonds is 18. The van der Waals surface area contributed by atoms with E-state index in [2.05, 4.69) is 15.8 Å². The molecule has 0 aliphatic carbocycles. The largest absolute Gasteiger partial charge is 0.411 e. The van der Waals surface area contributed by atoms with E-state index in [0.29, 0.717) is 17.5 Å². The number of hydrogen-bond acceptors (Lipinski definition) is 9. The molecule has 0 spiro atoms. The summed E-state index contributed by atoms with van der Waals surface area (Å²) in [5, 5.41) is 40.4. The normalized spacial score (nSPS) is 14.2. The monoisotopic (exact) mass is 724 g/mol. The van der Waals surface area contributed by atoms with Gasteiger partial charge in [0.25, 0.3) is 5.69 Å². The van der Waals surface area contributed by atoms with Crippen LogP contribution in [0, 0.1) is 22.0 Å². The minimum absolute atomic E-state index is 0.0112. The fourth-order valence-electron chi connectivity index (χ4n) is 5.44. The lowest BCUT2D eigenvalue weighted by Crippen LogP contribution is -2.58. The highest BCUT2D eigenvalue weighted by molar-refractivity contribution is 7.89. The van der Waals surface area contributed by atoms with Crippen molar-refractivity contribution < 1.29 is 33.2 Å².